The monoisotopic (exact) mass is 1140 g/mol. The van der Waals surface area contributed by atoms with E-state index in [2.05, 4.69) is 0 Å². The van der Waals surface area contributed by atoms with Crippen molar-refractivity contribution in [3.63, 3.8) is 0 Å². The third-order valence-electron chi connectivity index (χ3n) is 12.2. The van der Waals surface area contributed by atoms with Gasteiger partial charge in [0.1, 0.15) is 48.6 Å². The van der Waals surface area contributed by atoms with E-state index in [4.69, 9.17) is 94.2 Å². The summed E-state index contributed by atoms with van der Waals surface area (Å²) in [5, 5.41) is 127. The molecule has 17 atom stereocenters. The fraction of sp³-hybridized carbons (Fsp3) is 0.549. The van der Waals surface area contributed by atoms with Gasteiger partial charge in [0.05, 0.1) is 50.8 Å². The number of ether oxygens (including phenoxy) is 4. The van der Waals surface area contributed by atoms with E-state index in [9.17, 15) is 54.6 Å². The highest BCUT2D eigenvalue weighted by Gasteiger charge is 2.44. The molecule has 0 saturated carbocycles. The van der Waals surface area contributed by atoms with E-state index in [1.807, 2.05) is 0 Å². The predicted octanol–water partition coefficient (Wildman–Crippen LogP) is -4.60. The number of rotatable bonds is 22. The molecule has 12 unspecified atom stereocenters. The maximum absolute atomic E-state index is 10.5. The van der Waals surface area contributed by atoms with Crippen LogP contribution in [0.5, 0.6) is 0 Å². The second-order valence-corrected chi connectivity index (χ2v) is 18.6. The van der Waals surface area contributed by atoms with Gasteiger partial charge in [0, 0.05) is 18.4 Å². The zero-order valence-electron chi connectivity index (χ0n) is 44.3. The van der Waals surface area contributed by atoms with Crippen LogP contribution < -0.4 is 34.4 Å². The van der Waals surface area contributed by atoms with Crippen LogP contribution in [0.4, 0.5) is 0 Å². The molecular formula is C51H80N6O23. The van der Waals surface area contributed by atoms with Gasteiger partial charge in [-0.25, -0.2) is 4.79 Å². The fourth-order valence-electron chi connectivity index (χ4n) is 7.01. The number of aliphatic carboxylic acids is 5. The van der Waals surface area contributed by atoms with Crippen LogP contribution in [0.2, 0.25) is 0 Å². The zero-order chi connectivity index (χ0) is 61.1. The summed E-state index contributed by atoms with van der Waals surface area (Å²) in [6.45, 7) is 3.64. The number of aliphatic hydroxyl groups excluding tert-OH is 9. The van der Waals surface area contributed by atoms with Gasteiger partial charge in [-0.3, -0.25) is 24.9 Å². The minimum atomic E-state index is -1.59. The molecule has 0 spiro atoms. The third-order valence-corrected chi connectivity index (χ3v) is 12.2. The van der Waals surface area contributed by atoms with Gasteiger partial charge in [0.15, 0.2) is 12.6 Å². The average Bonchev–Trinajstić information content (AvgIpc) is 3.43. The first-order valence-corrected chi connectivity index (χ1v) is 24.8. The van der Waals surface area contributed by atoms with Gasteiger partial charge in [0.25, 0.3) is 0 Å². The molecule has 0 bridgehead atoms. The molecular weight excluding hydrogens is 1060 g/mol. The fourth-order valence-corrected chi connectivity index (χ4v) is 7.01. The van der Waals surface area contributed by atoms with Crippen LogP contribution in [0.1, 0.15) is 66.4 Å². The van der Waals surface area contributed by atoms with Gasteiger partial charge >= 0.3 is 29.8 Å². The van der Waals surface area contributed by atoms with Crippen molar-refractivity contribution in [3.05, 3.63) is 106 Å². The van der Waals surface area contributed by atoms with Crippen molar-refractivity contribution >= 4 is 29.8 Å². The highest BCUT2D eigenvalue weighted by molar-refractivity contribution is 5.74. The summed E-state index contributed by atoms with van der Waals surface area (Å²) in [7, 11) is 0. The van der Waals surface area contributed by atoms with E-state index in [0.717, 1.165) is 33.4 Å². The van der Waals surface area contributed by atoms with Gasteiger partial charge in [-0.2, -0.15) is 0 Å². The molecule has 0 amide bonds. The van der Waals surface area contributed by atoms with E-state index in [-0.39, 0.29) is 26.2 Å². The van der Waals surface area contributed by atoms with Crippen molar-refractivity contribution in [1.29, 1.82) is 0 Å². The number of carbonyl (C=O) groups is 5. The Hall–Kier alpha value is -5.75. The normalized spacial score (nSPS) is 24.9. The highest BCUT2D eigenvalue weighted by atomic mass is 16.7. The number of hydrogen-bond acceptors (Lipinski definition) is 24. The topological polar surface area (TPSA) is 562 Å². The van der Waals surface area contributed by atoms with Gasteiger partial charge in [-0.05, 0) is 59.6 Å². The number of carboxylic acids is 5. The largest absolute Gasteiger partial charge is 0.480 e. The Balaban J connectivity index is 0.000000501. The Kier molecular flexibility index (Phi) is 33.0. The van der Waals surface area contributed by atoms with Crippen LogP contribution in [0.3, 0.4) is 0 Å². The summed E-state index contributed by atoms with van der Waals surface area (Å²) in [4.78, 5) is 52.5. The Labute approximate surface area is 460 Å². The van der Waals surface area contributed by atoms with Gasteiger partial charge in [0.2, 0.25) is 6.23 Å². The molecule has 5 rings (SSSR count). The summed E-state index contributed by atoms with van der Waals surface area (Å²) < 4.78 is 20.4. The van der Waals surface area contributed by atoms with Crippen LogP contribution in [-0.4, -0.2) is 207 Å². The number of carboxylic acid groups (broad SMARTS) is 5. The van der Waals surface area contributed by atoms with Crippen molar-refractivity contribution in [2.45, 2.75) is 138 Å². The second-order valence-electron chi connectivity index (χ2n) is 18.6. The molecule has 0 aromatic heterocycles. The first kappa shape index (κ1) is 72.3. The zero-order valence-corrected chi connectivity index (χ0v) is 44.3. The minimum absolute atomic E-state index is 0.00867. The first-order valence-electron chi connectivity index (χ1n) is 24.8. The lowest BCUT2D eigenvalue weighted by molar-refractivity contribution is -0.292. The molecule has 3 aromatic carbocycles. The van der Waals surface area contributed by atoms with E-state index in [1.54, 1.807) is 86.6 Å². The molecule has 80 heavy (non-hydrogen) atoms. The molecule has 2 fully saturated rings. The summed E-state index contributed by atoms with van der Waals surface area (Å²) in [6, 6.07) is 17.3. The maximum atomic E-state index is 10.5. The molecule has 2 aliphatic heterocycles. The lowest BCUT2D eigenvalue weighted by Crippen LogP contribution is -2.57. The molecule has 3 aromatic rings. The molecule has 452 valence electrons. The van der Waals surface area contributed by atoms with E-state index in [1.165, 1.54) is 6.92 Å². The van der Waals surface area contributed by atoms with Crippen molar-refractivity contribution in [2.24, 2.45) is 46.2 Å². The van der Waals surface area contributed by atoms with E-state index >= 15 is 0 Å². The number of hydrogen-bond donors (Lipinski definition) is 20. The molecule has 0 radical (unpaired) electrons. The summed E-state index contributed by atoms with van der Waals surface area (Å²) >= 11 is 0. The Morgan fingerprint density at radius 3 is 1.18 bits per heavy atom. The molecule has 26 N–H and O–H groups in total. The van der Waals surface area contributed by atoms with Gasteiger partial charge in [-0.1, -0.05) is 86.6 Å². The van der Waals surface area contributed by atoms with Crippen molar-refractivity contribution in [1.82, 2.24) is 0 Å². The summed E-state index contributed by atoms with van der Waals surface area (Å²) in [6.07, 6.45) is -10.7. The van der Waals surface area contributed by atoms with E-state index < -0.39 is 147 Å². The average molecular weight is 1150 g/mol. The number of benzene rings is 3. The Morgan fingerprint density at radius 1 is 0.512 bits per heavy atom. The molecule has 0 aliphatic carbocycles. The molecule has 29 heteroatoms. The van der Waals surface area contributed by atoms with Gasteiger partial charge < -0.3 is 119 Å². The molecule has 2 aliphatic rings. The Morgan fingerprint density at radius 2 is 0.850 bits per heavy atom. The number of aliphatic hydroxyl groups is 9. The van der Waals surface area contributed by atoms with Crippen LogP contribution >= 0.6 is 0 Å². The standard InChI is InChI=1S/C11H16N2O3.C11H15NO3.C10H19NO7.C10H13NO3.C9H17NO7/c12-6-10(14)8-3-1-7(2-4-8)5-9(13)11(15)16;1-7(13)9-4-2-8(3-5-9)6-10(12)11(14)15;1-4-7(13)8(14)6(2-12)18-10(4)17-3-5(11)9(15)16;11-9(10(13)14)5-7-1-3-8(6-12)4-2-7;1-3-5(12)6(13)4(2-11)16-9(3)17-7(10)8(14)15/h1-4,9-10,14H,5-6,12-13H2,(H,15,16);2-5,7,10,13H,6,12H2,1H3,(H,14,15);4-8,10,12-14H,2-3,11H2,1H3,(H,15,16);1-4,9,12H,5-6,11H2,(H,13,14);3-7,9,11-13H,2,10H2,1H3,(H,14,15)/t9-,10?;7?,10-;4?,5-,6?,7?,8?,10?;9-;3?,4?,5?,6?,7-,9?/m00000/s1. The SMILES string of the molecule is CC(O)c1ccc(C[C@H](N)C(=O)O)cc1.CC1C(OC[C@H](N)C(=O)O)OC(CO)C(O)C1O.CC1C(O[C@H](N)C(=O)O)OC(CO)C(O)C1O.NCC(O)c1ccc(C[C@H](N)C(=O)O)cc1.N[C@@H](Cc1ccc(CO)cc1)C(=O)O. The van der Waals surface area contributed by atoms with Crippen molar-refractivity contribution < 1.29 is 114 Å². The van der Waals surface area contributed by atoms with Crippen LogP contribution in [0.25, 0.3) is 0 Å². The summed E-state index contributed by atoms with van der Waals surface area (Å²) in [5.74, 6) is -6.85. The number of nitrogens with two attached hydrogens (primary N) is 6. The first-order chi connectivity index (χ1) is 37.4. The van der Waals surface area contributed by atoms with Crippen LogP contribution in [-0.2, 0) is 68.8 Å². The van der Waals surface area contributed by atoms with Crippen molar-refractivity contribution in [3.8, 4) is 0 Å². The molecule has 29 nitrogen and oxygen atoms in total. The molecule has 2 saturated heterocycles. The smallest absolute Gasteiger partial charge is 0.347 e. The van der Waals surface area contributed by atoms with E-state index in [0.29, 0.717) is 12.8 Å². The van der Waals surface area contributed by atoms with Crippen LogP contribution in [0.15, 0.2) is 72.8 Å². The highest BCUT2D eigenvalue weighted by Crippen LogP contribution is 2.28. The predicted molar refractivity (Wildman–Crippen MR) is 280 cm³/mol. The lowest BCUT2D eigenvalue weighted by atomic mass is 9.92. The van der Waals surface area contributed by atoms with Crippen LogP contribution in [0, 0.1) is 11.8 Å². The minimum Gasteiger partial charge on any atom is -0.480 e. The third kappa shape index (κ3) is 24.9. The lowest BCUT2D eigenvalue weighted by Gasteiger charge is -2.41. The Bertz CT molecular complexity index is 2280. The van der Waals surface area contributed by atoms with Gasteiger partial charge in [-0.15, -0.1) is 0 Å². The molecule has 2 heterocycles. The second kappa shape index (κ2) is 36.6. The summed E-state index contributed by atoms with van der Waals surface area (Å²) in [5.41, 5.74) is 36.8. The van der Waals surface area contributed by atoms with Crippen molar-refractivity contribution in [2.75, 3.05) is 26.4 Å². The maximum Gasteiger partial charge on any atom is 0.347 e. The quantitative estimate of drug-likeness (QED) is 0.0421.